The largest absolute Gasteiger partial charge is 0.481 e. The normalized spacial score (nSPS) is 16.6. The number of urea groups is 1. The molecule has 3 aliphatic rings. The van der Waals surface area contributed by atoms with E-state index in [2.05, 4.69) is 138 Å². The number of nitrogens with zero attached hydrogens (tertiary/aromatic N) is 2. The number of para-hydroxylation sites is 3. The molecular formula is C74H101N6O13+. The Kier molecular flexibility index (Phi) is 29.6. The first-order valence-electron chi connectivity index (χ1n) is 33.8. The summed E-state index contributed by atoms with van der Waals surface area (Å²) >= 11 is 0. The number of Topliss-reactive ketones (excluding diaryl/α,β-unsaturated/α-hetero) is 1. The third-order valence-corrected chi connectivity index (χ3v) is 18.0. The fraction of sp³-hybridized carbons (Fsp3) is 0.527. The number of allylic oxidation sites excluding steroid dienone is 7. The maximum atomic E-state index is 13.0. The number of benzene rings is 3. The summed E-state index contributed by atoms with van der Waals surface area (Å²) in [6.07, 6.45) is 22.9. The number of carboxylic acid groups (broad SMARTS) is 4. The topological polar surface area (TPSA) is 281 Å². The Morgan fingerprint density at radius 2 is 1.19 bits per heavy atom. The van der Waals surface area contributed by atoms with E-state index in [1.165, 1.54) is 57.9 Å². The van der Waals surface area contributed by atoms with Gasteiger partial charge < -0.3 is 51.3 Å². The Labute approximate surface area is 549 Å². The number of ketones is 1. The van der Waals surface area contributed by atoms with Gasteiger partial charge in [-0.15, -0.1) is 0 Å². The highest BCUT2D eigenvalue weighted by molar-refractivity contribution is 6.03. The van der Waals surface area contributed by atoms with Crippen molar-refractivity contribution in [3.63, 3.8) is 0 Å². The summed E-state index contributed by atoms with van der Waals surface area (Å²) in [4.78, 5) is 98.7. The van der Waals surface area contributed by atoms with E-state index in [0.717, 1.165) is 69.5 Å². The molecule has 6 rings (SSSR count). The van der Waals surface area contributed by atoms with E-state index in [4.69, 9.17) is 9.84 Å². The minimum atomic E-state index is -1.51. The van der Waals surface area contributed by atoms with Crippen molar-refractivity contribution < 1.29 is 68.1 Å². The van der Waals surface area contributed by atoms with Crippen molar-refractivity contribution in [3.05, 3.63) is 137 Å². The number of rotatable bonds is 42. The molecule has 1 aliphatic carbocycles. The van der Waals surface area contributed by atoms with Crippen molar-refractivity contribution in [2.75, 3.05) is 31.1 Å². The van der Waals surface area contributed by atoms with Crippen LogP contribution in [-0.4, -0.2) is 116 Å². The average molecular weight is 1280 g/mol. The van der Waals surface area contributed by atoms with Gasteiger partial charge >= 0.3 is 29.9 Å². The fourth-order valence-corrected chi connectivity index (χ4v) is 12.7. The molecule has 3 aromatic carbocycles. The Morgan fingerprint density at radius 3 is 1.84 bits per heavy atom. The third kappa shape index (κ3) is 22.7. The van der Waals surface area contributed by atoms with Crippen molar-refractivity contribution in [3.8, 4) is 5.75 Å². The number of nitrogens with one attached hydrogen (secondary N) is 4. The first-order chi connectivity index (χ1) is 44.6. The maximum Gasteiger partial charge on any atom is 0.326 e. The van der Waals surface area contributed by atoms with Gasteiger partial charge in [0, 0.05) is 92.7 Å². The van der Waals surface area contributed by atoms with Gasteiger partial charge in [0.15, 0.2) is 5.71 Å². The minimum absolute atomic E-state index is 0.0113. The summed E-state index contributed by atoms with van der Waals surface area (Å²) in [5, 5.41) is 47.5. The van der Waals surface area contributed by atoms with Crippen LogP contribution in [-0.2, 0) is 44.4 Å². The molecule has 2 aliphatic heterocycles. The quantitative estimate of drug-likeness (QED) is 0.0193. The number of hydrogen-bond acceptors (Lipinski definition) is 10. The van der Waals surface area contributed by atoms with Crippen LogP contribution in [0.3, 0.4) is 0 Å². The average Bonchev–Trinajstić information content (AvgIpc) is 1.61. The zero-order chi connectivity index (χ0) is 67.3. The number of carbonyl (C=O) groups is 8. The second kappa shape index (κ2) is 37.4. The molecule has 504 valence electrons. The Morgan fingerprint density at radius 1 is 0.591 bits per heavy atom. The van der Waals surface area contributed by atoms with Gasteiger partial charge in [-0.05, 0) is 151 Å². The highest BCUT2D eigenvalue weighted by atomic mass is 16.5. The van der Waals surface area contributed by atoms with Gasteiger partial charge in [-0.25, -0.2) is 14.4 Å². The molecular weight excluding hydrogens is 1180 g/mol. The number of carboxylic acids is 4. The molecule has 19 nitrogen and oxygen atoms in total. The second-order valence-corrected chi connectivity index (χ2v) is 25.9. The van der Waals surface area contributed by atoms with E-state index in [-0.39, 0.29) is 67.1 Å². The van der Waals surface area contributed by atoms with Gasteiger partial charge in [0.25, 0.3) is 0 Å². The van der Waals surface area contributed by atoms with Crippen LogP contribution in [0.1, 0.15) is 206 Å². The van der Waals surface area contributed by atoms with Gasteiger partial charge in [0.1, 0.15) is 35.9 Å². The molecule has 0 fully saturated rings. The number of carbonyl (C=O) groups excluding carboxylic acids is 4. The number of aliphatic carboxylic acids is 4. The molecule has 8 N–H and O–H groups in total. The molecule has 3 aromatic rings. The van der Waals surface area contributed by atoms with E-state index in [9.17, 15) is 53.7 Å². The lowest BCUT2D eigenvalue weighted by molar-refractivity contribution is -0.438. The van der Waals surface area contributed by atoms with Gasteiger partial charge in [-0.2, -0.15) is 4.58 Å². The summed E-state index contributed by atoms with van der Waals surface area (Å²) in [7, 11) is 0. The van der Waals surface area contributed by atoms with Crippen LogP contribution >= 0.6 is 0 Å². The van der Waals surface area contributed by atoms with Crippen molar-refractivity contribution in [1.82, 2.24) is 21.3 Å². The van der Waals surface area contributed by atoms with Crippen molar-refractivity contribution in [1.29, 1.82) is 0 Å². The van der Waals surface area contributed by atoms with Gasteiger partial charge in [-0.3, -0.25) is 24.0 Å². The Hall–Kier alpha value is -8.35. The molecule has 0 saturated heterocycles. The predicted molar refractivity (Wildman–Crippen MR) is 361 cm³/mol. The molecule has 93 heavy (non-hydrogen) atoms. The van der Waals surface area contributed by atoms with Crippen molar-refractivity contribution in [2.24, 2.45) is 5.92 Å². The van der Waals surface area contributed by atoms with E-state index in [1.807, 2.05) is 30.3 Å². The lowest BCUT2D eigenvalue weighted by Gasteiger charge is -2.27. The molecule has 3 atom stereocenters. The van der Waals surface area contributed by atoms with Crippen LogP contribution in [0, 0.1) is 5.92 Å². The highest BCUT2D eigenvalue weighted by Crippen LogP contribution is 2.48. The first kappa shape index (κ1) is 73.7. The fourth-order valence-electron chi connectivity index (χ4n) is 12.7. The molecule has 2 heterocycles. The van der Waals surface area contributed by atoms with Crippen LogP contribution in [0.5, 0.6) is 5.75 Å². The zero-order valence-electron chi connectivity index (χ0n) is 55.4. The predicted octanol–water partition coefficient (Wildman–Crippen LogP) is 13.1. The highest BCUT2D eigenvalue weighted by Gasteiger charge is 2.44. The summed E-state index contributed by atoms with van der Waals surface area (Å²) in [5.41, 5.74) is 9.65. The van der Waals surface area contributed by atoms with Crippen LogP contribution in [0.4, 0.5) is 16.2 Å². The summed E-state index contributed by atoms with van der Waals surface area (Å²) in [6, 6.07) is 23.7. The maximum absolute atomic E-state index is 13.0. The van der Waals surface area contributed by atoms with Crippen molar-refractivity contribution >= 4 is 64.6 Å². The lowest BCUT2D eigenvalue weighted by atomic mass is 9.81. The number of amides is 4. The van der Waals surface area contributed by atoms with Gasteiger partial charge in [-0.1, -0.05) is 114 Å². The number of fused-ring (bicyclic) bond motifs is 2. The van der Waals surface area contributed by atoms with Gasteiger partial charge in [0.2, 0.25) is 17.5 Å². The summed E-state index contributed by atoms with van der Waals surface area (Å²) in [6.45, 7) is 14.0. The third-order valence-electron chi connectivity index (χ3n) is 18.0. The molecule has 0 bridgehead atoms. The molecule has 1 unspecified atom stereocenters. The number of ether oxygens (including phenoxy) is 1. The van der Waals surface area contributed by atoms with Crippen LogP contribution < -0.4 is 30.9 Å². The number of hydrogen-bond donors (Lipinski definition) is 8. The SMILES string of the molecule is CCCCC[N+]1=C(/C=C/C2=C(Oc3ccccc3)C(=C/C=C3/N(CCCCCC(=O)NCCCCC(CC(=O)CCCCCCC(=O)NCCCC[C@H](NC(=O)N[C@@H](CCC(=O)O)C(=O)O)C(=O)O)C(=O)O)c4ccccc4C3(C)C)/CCC2)C(C)(C)c2ccccc21. The minimum Gasteiger partial charge on any atom is -0.481 e. The summed E-state index contributed by atoms with van der Waals surface area (Å²) < 4.78 is 9.44. The second-order valence-electron chi connectivity index (χ2n) is 25.9. The first-order valence-corrected chi connectivity index (χ1v) is 33.8. The van der Waals surface area contributed by atoms with Gasteiger partial charge in [0.05, 0.1) is 11.3 Å². The monoisotopic (exact) mass is 1280 g/mol. The number of anilines is 1. The van der Waals surface area contributed by atoms with Crippen LogP contribution in [0.25, 0.3) is 0 Å². The molecule has 0 aromatic heterocycles. The van der Waals surface area contributed by atoms with E-state index >= 15 is 0 Å². The van der Waals surface area contributed by atoms with E-state index in [1.54, 1.807) is 0 Å². The van der Waals surface area contributed by atoms with E-state index < -0.39 is 54.3 Å². The lowest BCUT2D eigenvalue weighted by Crippen LogP contribution is -2.51. The Balaban J connectivity index is 0.897. The van der Waals surface area contributed by atoms with Crippen LogP contribution in [0.15, 0.2) is 126 Å². The molecule has 4 amide bonds. The number of unbranched alkanes of at least 4 members (excludes halogenated alkanes) is 9. The smallest absolute Gasteiger partial charge is 0.326 e. The van der Waals surface area contributed by atoms with E-state index in [0.29, 0.717) is 70.8 Å². The van der Waals surface area contributed by atoms with Crippen LogP contribution in [0.2, 0.25) is 0 Å². The standard InChI is InChI=1S/C74H100N6O13/c1-6-7-25-49-79-61-37-19-17-34-57(61)73(2,3)63(79)44-41-52-29-27-30-53(68(52)93-56-32-13-10-14-33-56)42-45-64-74(4,5)58-35-18-20-38-62(58)80(64)50-26-11-16-40-66(83)75-47-23-21-28-54(69(86)87)51-55(81)31-12-8-9-15-39-65(82)76-48-24-22-36-59(70(88)89)77-72(92)78-60(71(90)91)43-46-67(84)85/h10,13-14,17-20,32-35,37-38,41-42,44-45,54,59-60H,6-9,11-12,15-16,21-31,36,39-40,43,46-51H2,1-5H3,(H7-,75,76,77,78,82,83,84,85,86,87,88,89,90,91,92)/p+1/t54?,59-,60-/m0/s1. The molecule has 0 radical (unpaired) electrons. The zero-order valence-corrected chi connectivity index (χ0v) is 55.4. The van der Waals surface area contributed by atoms with Crippen molar-refractivity contribution in [2.45, 2.75) is 218 Å². The molecule has 0 spiro atoms. The Bertz CT molecular complexity index is 3220. The molecule has 19 heteroatoms. The summed E-state index contributed by atoms with van der Waals surface area (Å²) in [5.74, 6) is -4.44. The molecule has 0 saturated carbocycles.